The van der Waals surface area contributed by atoms with Gasteiger partial charge in [-0.25, -0.2) is 0 Å². The topological polar surface area (TPSA) is 72.5 Å². The Balaban J connectivity index is 1.72. The minimum Gasteiger partial charge on any atom is -0.493 e. The molecule has 4 rings (SSSR count). The number of hydrogen-bond donors (Lipinski definition) is 1. The third-order valence-electron chi connectivity index (χ3n) is 6.62. The zero-order valence-electron chi connectivity index (χ0n) is 20.4. The van der Waals surface area contributed by atoms with Gasteiger partial charge in [-0.2, -0.15) is 0 Å². The normalized spacial score (nSPS) is 22.8. The first-order valence-electron chi connectivity index (χ1n) is 11.1. The number of hydrogen-bond acceptors (Lipinski definition) is 6. The summed E-state index contributed by atoms with van der Waals surface area (Å²) in [5, 5.41) is 3.97. The van der Waals surface area contributed by atoms with Crippen molar-refractivity contribution in [3.63, 3.8) is 0 Å². The largest absolute Gasteiger partial charge is 0.493 e. The summed E-state index contributed by atoms with van der Waals surface area (Å²) in [7, 11) is 8.36. The van der Waals surface area contributed by atoms with Crippen LogP contribution in [0.5, 0.6) is 23.0 Å². The van der Waals surface area contributed by atoms with E-state index in [1.165, 1.54) is 0 Å². The third-order valence-corrected chi connectivity index (χ3v) is 6.96. The molecule has 2 aliphatic heterocycles. The number of carbonyl (C=O) groups is 1. The van der Waals surface area contributed by atoms with E-state index in [-0.39, 0.29) is 11.9 Å². The summed E-state index contributed by atoms with van der Waals surface area (Å²) in [6.45, 7) is 2.47. The molecule has 1 fully saturated rings. The average Bonchev–Trinajstić information content (AvgIpc) is 2.82. The maximum Gasteiger partial charge on any atom is 0.233 e. The number of methoxy groups -OCH3 is 3. The number of ether oxygens (including phenoxy) is 4. The van der Waals surface area contributed by atoms with Crippen LogP contribution in [0.15, 0.2) is 36.4 Å². The predicted molar refractivity (Wildman–Crippen MR) is 133 cm³/mol. The maximum atomic E-state index is 13.4. The lowest BCUT2D eigenvalue weighted by Crippen LogP contribution is -2.72. The Morgan fingerprint density at radius 3 is 2.47 bits per heavy atom. The number of benzene rings is 2. The van der Waals surface area contributed by atoms with Gasteiger partial charge in [0.2, 0.25) is 5.91 Å². The number of carbonyl (C=O) groups excluding carboxylic acids is 1. The van der Waals surface area contributed by atoms with E-state index >= 15 is 0 Å². The average molecular weight is 486 g/mol. The van der Waals surface area contributed by atoms with Gasteiger partial charge in [0.25, 0.3) is 0 Å². The molecule has 0 aromatic heterocycles. The summed E-state index contributed by atoms with van der Waals surface area (Å²) < 4.78 is 23.0. The van der Waals surface area contributed by atoms with Gasteiger partial charge in [0.15, 0.2) is 33.8 Å². The lowest BCUT2D eigenvalue weighted by Gasteiger charge is -2.56. The monoisotopic (exact) mass is 485 g/mol. The number of fused-ring (bicyclic) bond motifs is 4. The second-order valence-electron chi connectivity index (χ2n) is 8.76. The van der Waals surface area contributed by atoms with Gasteiger partial charge in [-0.15, -0.1) is 0 Å². The van der Waals surface area contributed by atoms with E-state index in [0.29, 0.717) is 41.1 Å². The molecule has 1 amide bonds. The van der Waals surface area contributed by atoms with Crippen LogP contribution in [-0.4, -0.2) is 68.5 Å². The van der Waals surface area contributed by atoms with E-state index < -0.39 is 11.6 Å². The molecular formula is C25H31N3O5S. The molecule has 2 aromatic rings. The minimum absolute atomic E-state index is 0.0351. The molecule has 1 N–H and O–H groups in total. The van der Waals surface area contributed by atoms with Crippen LogP contribution in [0.3, 0.4) is 0 Å². The number of thiocarbonyl (C=S) groups is 1. The molecule has 0 saturated carbocycles. The lowest BCUT2D eigenvalue weighted by atomic mass is 9.78. The standard InChI is InChI=1S/C25H31N3O5S/c1-25-20(23(29)27(2)3)21(16-8-7-9-18(31-5)22(16)33-25)26-24(34)28(25)13-12-15-10-11-17(30-4)19(14-15)32-6/h7-11,14,20-21H,12-13H2,1-6H3,(H,26,34)/t20-,21-,25-/m0/s1. The molecule has 2 bridgehead atoms. The van der Waals surface area contributed by atoms with E-state index in [0.717, 1.165) is 11.1 Å². The van der Waals surface area contributed by atoms with Crippen LogP contribution in [0.2, 0.25) is 0 Å². The zero-order valence-corrected chi connectivity index (χ0v) is 21.2. The van der Waals surface area contributed by atoms with Crippen molar-refractivity contribution in [1.29, 1.82) is 0 Å². The number of nitrogens with zero attached hydrogens (tertiary/aromatic N) is 2. The predicted octanol–water partition coefficient (Wildman–Crippen LogP) is 3.00. The Morgan fingerprint density at radius 2 is 1.82 bits per heavy atom. The highest BCUT2D eigenvalue weighted by atomic mass is 32.1. The van der Waals surface area contributed by atoms with Crippen molar-refractivity contribution in [3.05, 3.63) is 47.5 Å². The molecule has 34 heavy (non-hydrogen) atoms. The molecular weight excluding hydrogens is 454 g/mol. The fourth-order valence-electron chi connectivity index (χ4n) is 4.85. The molecule has 1 saturated heterocycles. The maximum absolute atomic E-state index is 13.4. The first kappa shape index (κ1) is 23.9. The molecule has 0 unspecified atom stereocenters. The first-order chi connectivity index (χ1) is 16.2. The van der Waals surface area contributed by atoms with Crippen LogP contribution < -0.4 is 24.3 Å². The summed E-state index contributed by atoms with van der Waals surface area (Å²) in [6.07, 6.45) is 0.660. The Kier molecular flexibility index (Phi) is 6.49. The minimum atomic E-state index is -1.01. The summed E-state index contributed by atoms with van der Waals surface area (Å²) in [5.41, 5.74) is 0.904. The van der Waals surface area contributed by atoms with E-state index in [1.54, 1.807) is 40.3 Å². The molecule has 9 heteroatoms. The highest BCUT2D eigenvalue weighted by molar-refractivity contribution is 7.80. The van der Waals surface area contributed by atoms with Gasteiger partial charge in [-0.3, -0.25) is 4.79 Å². The molecule has 0 aliphatic carbocycles. The van der Waals surface area contributed by atoms with Gasteiger partial charge in [0, 0.05) is 26.2 Å². The molecule has 2 aromatic carbocycles. The Morgan fingerprint density at radius 1 is 1.12 bits per heavy atom. The summed E-state index contributed by atoms with van der Waals surface area (Å²) in [6, 6.07) is 11.2. The van der Waals surface area contributed by atoms with Gasteiger partial charge in [0.1, 0.15) is 5.92 Å². The van der Waals surface area contributed by atoms with Crippen molar-refractivity contribution in [3.8, 4) is 23.0 Å². The van der Waals surface area contributed by atoms with Crippen molar-refractivity contribution in [2.45, 2.75) is 25.1 Å². The van der Waals surface area contributed by atoms with Crippen molar-refractivity contribution >= 4 is 23.2 Å². The van der Waals surface area contributed by atoms with Crippen LogP contribution in [0.25, 0.3) is 0 Å². The summed E-state index contributed by atoms with van der Waals surface area (Å²) >= 11 is 5.79. The van der Waals surface area contributed by atoms with E-state index in [2.05, 4.69) is 5.32 Å². The second kappa shape index (κ2) is 9.21. The quantitative estimate of drug-likeness (QED) is 0.601. The van der Waals surface area contributed by atoms with Gasteiger partial charge >= 0.3 is 0 Å². The number of rotatable bonds is 7. The highest BCUT2D eigenvalue weighted by Crippen LogP contribution is 2.51. The van der Waals surface area contributed by atoms with E-state index in [1.807, 2.05) is 48.2 Å². The lowest BCUT2D eigenvalue weighted by molar-refractivity contribution is -0.161. The Hall–Kier alpha value is -3.20. The van der Waals surface area contributed by atoms with Crippen LogP contribution >= 0.6 is 12.2 Å². The van der Waals surface area contributed by atoms with Crippen molar-refractivity contribution < 1.29 is 23.7 Å². The van der Waals surface area contributed by atoms with E-state index in [9.17, 15) is 4.79 Å². The molecule has 0 spiro atoms. The van der Waals surface area contributed by atoms with E-state index in [4.69, 9.17) is 31.2 Å². The summed E-state index contributed by atoms with van der Waals surface area (Å²) in [5.74, 6) is 2.04. The Bertz CT molecular complexity index is 1110. The number of amides is 1. The first-order valence-corrected chi connectivity index (χ1v) is 11.5. The smallest absolute Gasteiger partial charge is 0.233 e. The number of nitrogens with one attached hydrogen (secondary N) is 1. The van der Waals surface area contributed by atoms with Gasteiger partial charge in [0.05, 0.1) is 27.4 Å². The Labute approximate surface area is 205 Å². The van der Waals surface area contributed by atoms with Crippen molar-refractivity contribution in [2.75, 3.05) is 42.0 Å². The molecule has 3 atom stereocenters. The molecule has 0 radical (unpaired) electrons. The fourth-order valence-corrected chi connectivity index (χ4v) is 5.25. The van der Waals surface area contributed by atoms with Crippen LogP contribution in [0.1, 0.15) is 24.1 Å². The number of para-hydroxylation sites is 1. The molecule has 8 nitrogen and oxygen atoms in total. The van der Waals surface area contributed by atoms with Crippen LogP contribution in [0.4, 0.5) is 0 Å². The molecule has 182 valence electrons. The SMILES string of the molecule is COc1ccc(CCN2C(=S)N[C@H]3c4cccc(OC)c4O[C@@]2(C)[C@@H]3C(=O)N(C)C)cc1OC. The second-order valence-corrected chi connectivity index (χ2v) is 9.15. The van der Waals surface area contributed by atoms with Gasteiger partial charge in [-0.1, -0.05) is 18.2 Å². The fraction of sp³-hybridized carbons (Fsp3) is 0.440. The zero-order chi connectivity index (χ0) is 24.6. The van der Waals surface area contributed by atoms with Crippen molar-refractivity contribution in [2.24, 2.45) is 5.92 Å². The van der Waals surface area contributed by atoms with Crippen molar-refractivity contribution in [1.82, 2.24) is 15.1 Å². The molecule has 2 aliphatic rings. The highest BCUT2D eigenvalue weighted by Gasteiger charge is 2.59. The van der Waals surface area contributed by atoms with Crippen LogP contribution in [-0.2, 0) is 11.2 Å². The summed E-state index contributed by atoms with van der Waals surface area (Å²) in [4.78, 5) is 17.0. The van der Waals surface area contributed by atoms with Gasteiger partial charge in [-0.05, 0) is 49.3 Å². The van der Waals surface area contributed by atoms with Crippen LogP contribution in [0, 0.1) is 5.92 Å². The third kappa shape index (κ3) is 3.87. The van der Waals surface area contributed by atoms with Gasteiger partial charge < -0.3 is 34.1 Å². The molecule has 2 heterocycles.